The van der Waals surface area contributed by atoms with Crippen LogP contribution in [0.5, 0.6) is 0 Å². The Labute approximate surface area is 105 Å². The fraction of sp³-hybridized carbons (Fsp3) is 0.333. The average Bonchev–Trinajstić information content (AvgIpc) is 2.58. The molecule has 0 aromatic carbocycles. The van der Waals surface area contributed by atoms with Crippen molar-refractivity contribution in [2.45, 2.75) is 26.9 Å². The molecule has 2 aromatic rings. The van der Waals surface area contributed by atoms with Gasteiger partial charge in [-0.05, 0) is 25.5 Å². The molecule has 2 aromatic heterocycles. The maximum Gasteiger partial charge on any atom is 0.0844 e. The molecule has 0 saturated heterocycles. The van der Waals surface area contributed by atoms with E-state index in [2.05, 4.69) is 10.1 Å². The van der Waals surface area contributed by atoms with E-state index in [0.29, 0.717) is 13.1 Å². The minimum Gasteiger partial charge on any atom is -0.326 e. The Morgan fingerprint density at radius 1 is 1.41 bits per heavy atom. The lowest BCUT2D eigenvalue weighted by Crippen LogP contribution is -2.10. The van der Waals surface area contributed by atoms with E-state index >= 15 is 0 Å². The van der Waals surface area contributed by atoms with E-state index in [9.17, 15) is 0 Å². The van der Waals surface area contributed by atoms with Crippen molar-refractivity contribution in [1.29, 1.82) is 0 Å². The summed E-state index contributed by atoms with van der Waals surface area (Å²) in [7, 11) is 0. The second-order valence-electron chi connectivity index (χ2n) is 3.96. The molecule has 90 valence electrons. The van der Waals surface area contributed by atoms with Crippen molar-refractivity contribution in [3.63, 3.8) is 0 Å². The summed E-state index contributed by atoms with van der Waals surface area (Å²) in [5, 5.41) is 5.10. The zero-order valence-corrected chi connectivity index (χ0v) is 10.7. The molecule has 17 heavy (non-hydrogen) atoms. The Morgan fingerprint density at radius 2 is 2.18 bits per heavy atom. The minimum atomic E-state index is 0.482. The number of hydrogen-bond acceptors (Lipinski definition) is 3. The molecule has 0 radical (unpaired) electrons. The molecule has 4 nitrogen and oxygen atoms in total. The Morgan fingerprint density at radius 3 is 2.76 bits per heavy atom. The summed E-state index contributed by atoms with van der Waals surface area (Å²) in [6.45, 7) is 4.93. The summed E-state index contributed by atoms with van der Waals surface area (Å²) in [6.07, 6.45) is 1.77. The molecule has 0 unspecified atom stereocenters. The van der Waals surface area contributed by atoms with Gasteiger partial charge in [0.05, 0.1) is 28.6 Å². The third kappa shape index (κ3) is 2.33. The van der Waals surface area contributed by atoms with E-state index < -0.39 is 0 Å². The van der Waals surface area contributed by atoms with E-state index in [0.717, 1.165) is 27.7 Å². The number of halogens is 1. The standard InChI is InChI=1S/C12H15ClN4/c1-8-12(13)9(2)17(16-8)7-11-10(6-14)4-3-5-15-11/h3-5H,6-7,14H2,1-2H3. The lowest BCUT2D eigenvalue weighted by atomic mass is 10.2. The number of aryl methyl sites for hydroxylation is 1. The van der Waals surface area contributed by atoms with Crippen LogP contribution in [0.15, 0.2) is 18.3 Å². The Hall–Kier alpha value is -1.39. The van der Waals surface area contributed by atoms with Crippen LogP contribution >= 0.6 is 11.6 Å². The first kappa shape index (κ1) is 12.1. The van der Waals surface area contributed by atoms with Crippen LogP contribution in [0.3, 0.4) is 0 Å². The summed E-state index contributed by atoms with van der Waals surface area (Å²) < 4.78 is 1.86. The van der Waals surface area contributed by atoms with Crippen LogP contribution in [-0.4, -0.2) is 14.8 Å². The largest absolute Gasteiger partial charge is 0.326 e. The van der Waals surface area contributed by atoms with Crippen LogP contribution in [-0.2, 0) is 13.1 Å². The van der Waals surface area contributed by atoms with Gasteiger partial charge in [0, 0.05) is 12.7 Å². The first-order chi connectivity index (χ1) is 8.13. The quantitative estimate of drug-likeness (QED) is 0.907. The SMILES string of the molecule is Cc1nn(Cc2ncccc2CN)c(C)c1Cl. The average molecular weight is 251 g/mol. The highest BCUT2D eigenvalue weighted by molar-refractivity contribution is 6.31. The molecule has 0 spiro atoms. The Balaban J connectivity index is 2.34. The van der Waals surface area contributed by atoms with E-state index in [-0.39, 0.29) is 0 Å². The third-order valence-electron chi connectivity index (χ3n) is 2.80. The second-order valence-corrected chi connectivity index (χ2v) is 4.33. The molecule has 0 amide bonds. The molecule has 2 heterocycles. The number of hydrogen-bond donors (Lipinski definition) is 1. The van der Waals surface area contributed by atoms with Gasteiger partial charge in [-0.3, -0.25) is 9.67 Å². The molecule has 2 N–H and O–H groups in total. The van der Waals surface area contributed by atoms with Crippen molar-refractivity contribution < 1.29 is 0 Å². The van der Waals surface area contributed by atoms with Crippen LogP contribution in [0.25, 0.3) is 0 Å². The van der Waals surface area contributed by atoms with Gasteiger partial charge in [-0.25, -0.2) is 0 Å². The molecule has 0 bridgehead atoms. The summed E-state index contributed by atoms with van der Waals surface area (Å²) in [4.78, 5) is 4.34. The fourth-order valence-corrected chi connectivity index (χ4v) is 1.91. The maximum atomic E-state index is 6.11. The van der Waals surface area contributed by atoms with Crippen molar-refractivity contribution in [3.05, 3.63) is 46.0 Å². The normalized spacial score (nSPS) is 10.8. The predicted octanol–water partition coefficient (Wildman–Crippen LogP) is 2.06. The highest BCUT2D eigenvalue weighted by Gasteiger charge is 2.11. The summed E-state index contributed by atoms with van der Waals surface area (Å²) in [6, 6.07) is 3.87. The van der Waals surface area contributed by atoms with Crippen LogP contribution in [0.4, 0.5) is 0 Å². The third-order valence-corrected chi connectivity index (χ3v) is 3.34. The number of nitrogens with zero attached hydrogens (tertiary/aromatic N) is 3. The van der Waals surface area contributed by atoms with Gasteiger partial charge in [-0.1, -0.05) is 17.7 Å². The minimum absolute atomic E-state index is 0.482. The van der Waals surface area contributed by atoms with Gasteiger partial charge in [0.2, 0.25) is 0 Å². The fourth-order valence-electron chi connectivity index (χ4n) is 1.77. The molecular formula is C12H15ClN4. The molecule has 0 aliphatic carbocycles. The highest BCUT2D eigenvalue weighted by Crippen LogP contribution is 2.20. The molecule has 0 aliphatic rings. The highest BCUT2D eigenvalue weighted by atomic mass is 35.5. The van der Waals surface area contributed by atoms with E-state index in [1.54, 1.807) is 6.20 Å². The van der Waals surface area contributed by atoms with Gasteiger partial charge in [-0.2, -0.15) is 5.10 Å². The lowest BCUT2D eigenvalue weighted by molar-refractivity contribution is 0.641. The van der Waals surface area contributed by atoms with Crippen molar-refractivity contribution in [1.82, 2.24) is 14.8 Å². The Kier molecular flexibility index (Phi) is 3.45. The summed E-state index contributed by atoms with van der Waals surface area (Å²) in [5.41, 5.74) is 9.46. The summed E-state index contributed by atoms with van der Waals surface area (Å²) in [5.74, 6) is 0. The number of aromatic nitrogens is 3. The van der Waals surface area contributed by atoms with Crippen LogP contribution in [0.2, 0.25) is 5.02 Å². The van der Waals surface area contributed by atoms with Gasteiger partial charge >= 0.3 is 0 Å². The molecule has 0 aliphatic heterocycles. The van der Waals surface area contributed by atoms with Crippen molar-refractivity contribution in [2.75, 3.05) is 0 Å². The van der Waals surface area contributed by atoms with Gasteiger partial charge in [0.15, 0.2) is 0 Å². The van der Waals surface area contributed by atoms with Crippen molar-refractivity contribution in [2.24, 2.45) is 5.73 Å². The number of nitrogens with two attached hydrogens (primary N) is 1. The zero-order chi connectivity index (χ0) is 12.4. The number of pyridine rings is 1. The van der Waals surface area contributed by atoms with Crippen LogP contribution in [0, 0.1) is 13.8 Å². The van der Waals surface area contributed by atoms with Crippen molar-refractivity contribution >= 4 is 11.6 Å². The first-order valence-electron chi connectivity index (χ1n) is 5.45. The van der Waals surface area contributed by atoms with Gasteiger partial charge in [0.25, 0.3) is 0 Å². The smallest absolute Gasteiger partial charge is 0.0844 e. The van der Waals surface area contributed by atoms with E-state index in [1.807, 2.05) is 30.7 Å². The van der Waals surface area contributed by atoms with Crippen molar-refractivity contribution in [3.8, 4) is 0 Å². The van der Waals surface area contributed by atoms with Gasteiger partial charge in [-0.15, -0.1) is 0 Å². The number of rotatable bonds is 3. The Bertz CT molecular complexity index is 533. The van der Waals surface area contributed by atoms with Crippen LogP contribution in [0.1, 0.15) is 22.6 Å². The second kappa shape index (κ2) is 4.85. The van der Waals surface area contributed by atoms with E-state index in [4.69, 9.17) is 17.3 Å². The molecule has 0 saturated carbocycles. The molecule has 2 rings (SSSR count). The van der Waals surface area contributed by atoms with Gasteiger partial charge in [0.1, 0.15) is 0 Å². The predicted molar refractivity (Wildman–Crippen MR) is 67.9 cm³/mol. The molecule has 0 fully saturated rings. The molecular weight excluding hydrogens is 236 g/mol. The van der Waals surface area contributed by atoms with Gasteiger partial charge < -0.3 is 5.73 Å². The zero-order valence-electron chi connectivity index (χ0n) is 9.94. The molecule has 5 heteroatoms. The molecule has 0 atom stereocenters. The monoisotopic (exact) mass is 250 g/mol. The van der Waals surface area contributed by atoms with E-state index in [1.165, 1.54) is 0 Å². The summed E-state index contributed by atoms with van der Waals surface area (Å²) >= 11 is 6.11. The lowest BCUT2D eigenvalue weighted by Gasteiger charge is -2.07. The topological polar surface area (TPSA) is 56.7 Å². The van der Waals surface area contributed by atoms with Crippen LogP contribution < -0.4 is 5.73 Å². The maximum absolute atomic E-state index is 6.11. The first-order valence-corrected chi connectivity index (χ1v) is 5.83.